The van der Waals surface area contributed by atoms with Crippen LogP contribution in [0.3, 0.4) is 0 Å². The molecule has 0 N–H and O–H groups in total. The standard InChI is InChI=1S/C25H21ClN2S/c1-2-3-4-5-19-6-11-21(12-7-19)22-13-8-20(9-14-22)10-15-25-24(26)16-23(17-27-25)28-18-29/h6-9,11-14,16-17H,2-5H2,1H3. The van der Waals surface area contributed by atoms with Gasteiger partial charge >= 0.3 is 0 Å². The van der Waals surface area contributed by atoms with E-state index in [0.717, 1.165) is 12.0 Å². The molecule has 1 aromatic heterocycles. The summed E-state index contributed by atoms with van der Waals surface area (Å²) >= 11 is 10.8. The molecule has 0 unspecified atom stereocenters. The summed E-state index contributed by atoms with van der Waals surface area (Å²) in [6.45, 7) is 2.23. The maximum Gasteiger partial charge on any atom is 0.132 e. The van der Waals surface area contributed by atoms with Gasteiger partial charge in [0.25, 0.3) is 0 Å². The van der Waals surface area contributed by atoms with E-state index in [9.17, 15) is 0 Å². The minimum absolute atomic E-state index is 0.444. The minimum atomic E-state index is 0.444. The van der Waals surface area contributed by atoms with Gasteiger partial charge in [0.1, 0.15) is 5.69 Å². The lowest BCUT2D eigenvalue weighted by Gasteiger charge is -2.05. The van der Waals surface area contributed by atoms with Crippen molar-refractivity contribution in [3.05, 3.63) is 82.6 Å². The van der Waals surface area contributed by atoms with Gasteiger partial charge in [-0.15, -0.1) is 0 Å². The summed E-state index contributed by atoms with van der Waals surface area (Å²) in [4.78, 5) is 8.09. The Morgan fingerprint density at radius 2 is 1.66 bits per heavy atom. The van der Waals surface area contributed by atoms with E-state index >= 15 is 0 Å². The third-order valence-corrected chi connectivity index (χ3v) is 4.95. The zero-order valence-electron chi connectivity index (χ0n) is 16.3. The lowest BCUT2D eigenvalue weighted by molar-refractivity contribution is 0.717. The lowest BCUT2D eigenvalue weighted by atomic mass is 10.0. The summed E-state index contributed by atoms with van der Waals surface area (Å²) in [6.07, 6.45) is 6.52. The topological polar surface area (TPSA) is 25.2 Å². The van der Waals surface area contributed by atoms with Crippen LogP contribution in [0.2, 0.25) is 5.02 Å². The number of thiocarbonyl (C=S) groups is 1. The van der Waals surface area contributed by atoms with Crippen molar-refractivity contribution >= 4 is 34.7 Å². The second-order valence-electron chi connectivity index (χ2n) is 6.71. The number of rotatable bonds is 6. The highest BCUT2D eigenvalue weighted by Crippen LogP contribution is 2.22. The van der Waals surface area contributed by atoms with Crippen LogP contribution in [-0.2, 0) is 6.42 Å². The SMILES string of the molecule is CCCCCc1ccc(-c2ccc(C#Cc3ncc(N=C=S)cc3Cl)cc2)cc1. The highest BCUT2D eigenvalue weighted by molar-refractivity contribution is 7.78. The molecule has 0 saturated carbocycles. The number of isothiocyanates is 1. The van der Waals surface area contributed by atoms with Gasteiger partial charge in [0, 0.05) is 5.56 Å². The first kappa shape index (κ1) is 21.0. The van der Waals surface area contributed by atoms with Gasteiger partial charge in [-0.1, -0.05) is 73.7 Å². The Morgan fingerprint density at radius 1 is 0.966 bits per heavy atom. The van der Waals surface area contributed by atoms with Crippen LogP contribution in [0.25, 0.3) is 11.1 Å². The Kier molecular flexibility index (Phi) is 7.73. The van der Waals surface area contributed by atoms with E-state index < -0.39 is 0 Å². The summed E-state index contributed by atoms with van der Waals surface area (Å²) in [6, 6.07) is 18.7. The van der Waals surface area contributed by atoms with Crippen LogP contribution in [0.4, 0.5) is 5.69 Å². The smallest absolute Gasteiger partial charge is 0.132 e. The second kappa shape index (κ2) is 10.7. The Morgan fingerprint density at radius 3 is 2.28 bits per heavy atom. The fraction of sp³-hybridized carbons (Fsp3) is 0.200. The Bertz CT molecular complexity index is 1070. The molecular formula is C25H21ClN2S. The van der Waals surface area contributed by atoms with Gasteiger partial charge in [0.05, 0.1) is 22.1 Å². The molecule has 3 rings (SSSR count). The molecule has 0 spiro atoms. The van der Waals surface area contributed by atoms with Crippen molar-refractivity contribution in [1.29, 1.82) is 0 Å². The molecule has 0 radical (unpaired) electrons. The number of aliphatic imine (C=N–C) groups is 1. The van der Waals surface area contributed by atoms with E-state index in [2.05, 4.69) is 82.5 Å². The molecule has 2 nitrogen and oxygen atoms in total. The summed E-state index contributed by atoms with van der Waals surface area (Å²) in [5.41, 5.74) is 5.77. The van der Waals surface area contributed by atoms with Crippen molar-refractivity contribution in [3.63, 3.8) is 0 Å². The minimum Gasteiger partial charge on any atom is -0.244 e. The normalized spacial score (nSPS) is 10.0. The van der Waals surface area contributed by atoms with Crippen molar-refractivity contribution in [2.24, 2.45) is 4.99 Å². The summed E-state index contributed by atoms with van der Waals surface area (Å²) in [5, 5.41) is 2.74. The summed E-state index contributed by atoms with van der Waals surface area (Å²) in [7, 11) is 0. The predicted octanol–water partition coefficient (Wildman–Crippen LogP) is 7.27. The zero-order valence-corrected chi connectivity index (χ0v) is 17.9. The first-order chi connectivity index (χ1) is 14.2. The van der Waals surface area contributed by atoms with Crippen LogP contribution < -0.4 is 0 Å². The van der Waals surface area contributed by atoms with Gasteiger partial charge < -0.3 is 0 Å². The van der Waals surface area contributed by atoms with Gasteiger partial charge in [0.15, 0.2) is 0 Å². The second-order valence-corrected chi connectivity index (χ2v) is 7.30. The number of pyridine rings is 1. The molecule has 4 heteroatoms. The molecule has 0 aliphatic heterocycles. The molecule has 29 heavy (non-hydrogen) atoms. The number of hydrogen-bond acceptors (Lipinski definition) is 3. The number of nitrogens with zero attached hydrogens (tertiary/aromatic N) is 2. The number of halogens is 1. The third kappa shape index (κ3) is 6.11. The summed E-state index contributed by atoms with van der Waals surface area (Å²) < 4.78 is 0. The Balaban J connectivity index is 1.70. The first-order valence-electron chi connectivity index (χ1n) is 9.64. The highest BCUT2D eigenvalue weighted by Gasteiger charge is 2.01. The molecule has 0 amide bonds. The van der Waals surface area contributed by atoms with Crippen molar-refractivity contribution in [1.82, 2.24) is 4.98 Å². The molecule has 3 aromatic rings. The van der Waals surface area contributed by atoms with E-state index in [-0.39, 0.29) is 0 Å². The quantitative estimate of drug-likeness (QED) is 0.183. The zero-order chi connectivity index (χ0) is 20.5. The number of aryl methyl sites for hydroxylation is 1. The van der Waals surface area contributed by atoms with Crippen molar-refractivity contribution in [3.8, 4) is 23.0 Å². The van der Waals surface area contributed by atoms with E-state index in [1.807, 2.05) is 12.1 Å². The average molecular weight is 417 g/mol. The van der Waals surface area contributed by atoms with Gasteiger partial charge in [-0.05, 0) is 65.9 Å². The predicted molar refractivity (Wildman–Crippen MR) is 125 cm³/mol. The van der Waals surface area contributed by atoms with Crippen LogP contribution in [0.5, 0.6) is 0 Å². The maximum atomic E-state index is 6.20. The average Bonchev–Trinajstić information content (AvgIpc) is 2.75. The number of aromatic nitrogens is 1. The molecule has 0 aliphatic rings. The highest BCUT2D eigenvalue weighted by atomic mass is 35.5. The molecule has 2 aromatic carbocycles. The van der Waals surface area contributed by atoms with Crippen LogP contribution >= 0.6 is 23.8 Å². The molecule has 1 heterocycles. The monoisotopic (exact) mass is 416 g/mol. The van der Waals surface area contributed by atoms with Crippen molar-refractivity contribution in [2.45, 2.75) is 32.6 Å². The van der Waals surface area contributed by atoms with E-state index in [0.29, 0.717) is 16.4 Å². The first-order valence-corrected chi connectivity index (χ1v) is 10.4. The molecule has 0 bridgehead atoms. The van der Waals surface area contributed by atoms with Crippen molar-refractivity contribution < 1.29 is 0 Å². The van der Waals surface area contributed by atoms with Gasteiger partial charge in [0.2, 0.25) is 0 Å². The molecule has 144 valence electrons. The molecule has 0 saturated heterocycles. The summed E-state index contributed by atoms with van der Waals surface area (Å²) in [5.74, 6) is 6.11. The van der Waals surface area contributed by atoms with Crippen molar-refractivity contribution in [2.75, 3.05) is 0 Å². The maximum absolute atomic E-state index is 6.20. The molecule has 0 aliphatic carbocycles. The van der Waals surface area contributed by atoms with Gasteiger partial charge in [-0.2, -0.15) is 4.99 Å². The largest absolute Gasteiger partial charge is 0.244 e. The van der Waals surface area contributed by atoms with E-state index in [4.69, 9.17) is 11.6 Å². The van der Waals surface area contributed by atoms with Crippen LogP contribution in [0.15, 0.2) is 65.8 Å². The Labute approximate surface area is 182 Å². The van der Waals surface area contributed by atoms with E-state index in [1.54, 1.807) is 12.3 Å². The van der Waals surface area contributed by atoms with Gasteiger partial charge in [-0.25, -0.2) is 4.98 Å². The molecular weight excluding hydrogens is 396 g/mol. The van der Waals surface area contributed by atoms with Crippen LogP contribution in [-0.4, -0.2) is 10.1 Å². The lowest BCUT2D eigenvalue weighted by Crippen LogP contribution is -1.86. The molecule has 0 fully saturated rings. The number of unbranched alkanes of at least 4 members (excludes halogenated alkanes) is 2. The third-order valence-electron chi connectivity index (χ3n) is 4.57. The van der Waals surface area contributed by atoms with Gasteiger partial charge in [-0.3, -0.25) is 0 Å². The fourth-order valence-electron chi connectivity index (χ4n) is 2.95. The number of benzene rings is 2. The number of hydrogen-bond donors (Lipinski definition) is 0. The Hall–Kier alpha value is -2.76. The van der Waals surface area contributed by atoms with Crippen LogP contribution in [0.1, 0.15) is 43.0 Å². The molecule has 0 atom stereocenters. The fourth-order valence-corrected chi connectivity index (χ4v) is 3.27. The van der Waals surface area contributed by atoms with Crippen LogP contribution in [0, 0.1) is 11.8 Å². The van der Waals surface area contributed by atoms with E-state index in [1.165, 1.54) is 36.0 Å².